The van der Waals surface area contributed by atoms with Crippen molar-refractivity contribution in [2.24, 2.45) is 11.3 Å². The number of nitrogens with zero attached hydrogens (tertiary/aromatic N) is 2. The zero-order valence-corrected chi connectivity index (χ0v) is 15.2. The number of hydrogen-bond acceptors (Lipinski definition) is 4. The van der Waals surface area contributed by atoms with Crippen molar-refractivity contribution in [1.82, 2.24) is 14.6 Å². The molecule has 4 rings (SSSR count). The van der Waals surface area contributed by atoms with Gasteiger partial charge in [-0.3, -0.25) is 9.78 Å². The van der Waals surface area contributed by atoms with Crippen molar-refractivity contribution in [1.29, 1.82) is 0 Å². The monoisotopic (exact) mass is 371 g/mol. The maximum absolute atomic E-state index is 12.8. The molecule has 1 saturated heterocycles. The molecule has 1 aliphatic carbocycles. The molecule has 6 nitrogen and oxygen atoms in total. The molecule has 1 amide bonds. The molecule has 7 heteroatoms. The standard InChI is InChI=1S/C19H21N3O3S/c23-18(21-13-15-6-9-20-10-7-15)17-12-19(17)8-11-22(14-19)26(24,25)16-4-2-1-3-5-16/h1-7,9-10,17H,8,11-14H2,(H,21,23). The Morgan fingerprint density at radius 3 is 2.65 bits per heavy atom. The molecular weight excluding hydrogens is 350 g/mol. The van der Waals surface area contributed by atoms with E-state index in [1.54, 1.807) is 42.7 Å². The second-order valence-electron chi connectivity index (χ2n) is 7.09. The Morgan fingerprint density at radius 1 is 1.19 bits per heavy atom. The topological polar surface area (TPSA) is 79.4 Å². The van der Waals surface area contributed by atoms with Crippen LogP contribution >= 0.6 is 0 Å². The van der Waals surface area contributed by atoms with E-state index in [4.69, 9.17) is 0 Å². The van der Waals surface area contributed by atoms with Gasteiger partial charge in [0, 0.05) is 37.9 Å². The van der Waals surface area contributed by atoms with Gasteiger partial charge in [0.15, 0.2) is 0 Å². The average Bonchev–Trinajstić information content (AvgIpc) is 3.20. The Labute approximate surface area is 153 Å². The Bertz CT molecular complexity index is 902. The van der Waals surface area contributed by atoms with Crippen LogP contribution in [0.3, 0.4) is 0 Å². The van der Waals surface area contributed by atoms with Crippen molar-refractivity contribution in [2.45, 2.75) is 24.3 Å². The molecule has 2 heterocycles. The second-order valence-corrected chi connectivity index (χ2v) is 9.03. The summed E-state index contributed by atoms with van der Waals surface area (Å²) in [4.78, 5) is 16.7. The Kier molecular flexibility index (Phi) is 4.28. The first kappa shape index (κ1) is 17.2. The van der Waals surface area contributed by atoms with Gasteiger partial charge in [-0.25, -0.2) is 8.42 Å². The van der Waals surface area contributed by atoms with E-state index in [2.05, 4.69) is 10.3 Å². The molecule has 1 aromatic carbocycles. The lowest BCUT2D eigenvalue weighted by atomic mass is 10.0. The Morgan fingerprint density at radius 2 is 1.92 bits per heavy atom. The molecular formula is C19H21N3O3S. The van der Waals surface area contributed by atoms with Crippen LogP contribution in [0.5, 0.6) is 0 Å². The van der Waals surface area contributed by atoms with Crippen LogP contribution in [-0.2, 0) is 21.4 Å². The van der Waals surface area contributed by atoms with Gasteiger partial charge in [-0.2, -0.15) is 4.31 Å². The third-order valence-corrected chi connectivity index (χ3v) is 7.31. The molecule has 1 spiro atoms. The Hall–Kier alpha value is -2.25. The van der Waals surface area contributed by atoms with E-state index in [1.807, 2.05) is 12.1 Å². The minimum atomic E-state index is -3.48. The highest BCUT2D eigenvalue weighted by Crippen LogP contribution is 2.59. The zero-order valence-electron chi connectivity index (χ0n) is 14.3. The molecule has 0 radical (unpaired) electrons. The summed E-state index contributed by atoms with van der Waals surface area (Å²) in [5.74, 6) is -0.0823. The molecule has 0 bridgehead atoms. The van der Waals surface area contributed by atoms with Crippen LogP contribution in [0.4, 0.5) is 0 Å². The summed E-state index contributed by atoms with van der Waals surface area (Å²) in [6, 6.07) is 12.2. The lowest BCUT2D eigenvalue weighted by molar-refractivity contribution is -0.123. The molecule has 2 fully saturated rings. The lowest BCUT2D eigenvalue weighted by Crippen LogP contribution is -2.31. The number of aromatic nitrogens is 1. The normalized spacial score (nSPS) is 25.3. The van der Waals surface area contributed by atoms with Gasteiger partial charge >= 0.3 is 0 Å². The van der Waals surface area contributed by atoms with Gasteiger partial charge in [0.25, 0.3) is 0 Å². The van der Waals surface area contributed by atoms with Gasteiger partial charge in [0.1, 0.15) is 0 Å². The van der Waals surface area contributed by atoms with Gasteiger partial charge in [-0.15, -0.1) is 0 Å². The van der Waals surface area contributed by atoms with Crippen molar-refractivity contribution in [3.8, 4) is 0 Å². The summed E-state index contributed by atoms with van der Waals surface area (Å²) >= 11 is 0. The maximum atomic E-state index is 12.8. The minimum absolute atomic E-state index is 0.0146. The van der Waals surface area contributed by atoms with Crippen molar-refractivity contribution in [2.75, 3.05) is 13.1 Å². The fraction of sp³-hybridized carbons (Fsp3) is 0.368. The van der Waals surface area contributed by atoms with Gasteiger partial charge < -0.3 is 5.32 Å². The van der Waals surface area contributed by atoms with Gasteiger partial charge in [-0.1, -0.05) is 18.2 Å². The van der Waals surface area contributed by atoms with E-state index in [0.717, 1.165) is 18.4 Å². The molecule has 2 aliphatic rings. The van der Waals surface area contributed by atoms with E-state index in [0.29, 0.717) is 24.5 Å². The van der Waals surface area contributed by atoms with Crippen LogP contribution in [-0.4, -0.2) is 36.7 Å². The van der Waals surface area contributed by atoms with Crippen LogP contribution in [0.15, 0.2) is 59.8 Å². The number of carbonyl (C=O) groups is 1. The summed E-state index contributed by atoms with van der Waals surface area (Å²) in [6.07, 6.45) is 4.90. The number of hydrogen-bond donors (Lipinski definition) is 1. The number of carbonyl (C=O) groups excluding carboxylic acids is 1. The third-order valence-electron chi connectivity index (χ3n) is 5.45. The largest absolute Gasteiger partial charge is 0.352 e. The molecule has 1 N–H and O–H groups in total. The molecule has 1 aliphatic heterocycles. The first-order valence-electron chi connectivity index (χ1n) is 8.73. The predicted octanol–water partition coefficient (Wildman–Crippen LogP) is 1.80. The van der Waals surface area contributed by atoms with Crippen LogP contribution in [0, 0.1) is 11.3 Å². The van der Waals surface area contributed by atoms with Crippen LogP contribution < -0.4 is 5.32 Å². The number of pyridine rings is 1. The number of benzene rings is 1. The molecule has 1 aromatic heterocycles. The number of rotatable bonds is 5. The van der Waals surface area contributed by atoms with E-state index in [9.17, 15) is 13.2 Å². The van der Waals surface area contributed by atoms with E-state index < -0.39 is 10.0 Å². The highest BCUT2D eigenvalue weighted by molar-refractivity contribution is 7.89. The summed E-state index contributed by atoms with van der Waals surface area (Å²) in [5.41, 5.74) is 0.812. The molecule has 2 atom stereocenters. The predicted molar refractivity (Wildman–Crippen MR) is 96.4 cm³/mol. The minimum Gasteiger partial charge on any atom is -0.352 e. The van der Waals surface area contributed by atoms with E-state index >= 15 is 0 Å². The van der Waals surface area contributed by atoms with Crippen molar-refractivity contribution >= 4 is 15.9 Å². The highest BCUT2D eigenvalue weighted by atomic mass is 32.2. The van der Waals surface area contributed by atoms with Gasteiger partial charge in [0.05, 0.1) is 4.90 Å². The smallest absolute Gasteiger partial charge is 0.243 e. The number of nitrogens with one attached hydrogen (secondary N) is 1. The lowest BCUT2D eigenvalue weighted by Gasteiger charge is -2.16. The summed E-state index contributed by atoms with van der Waals surface area (Å²) in [7, 11) is -3.48. The van der Waals surface area contributed by atoms with Crippen LogP contribution in [0.25, 0.3) is 0 Å². The molecule has 2 unspecified atom stereocenters. The first-order valence-corrected chi connectivity index (χ1v) is 10.2. The van der Waals surface area contributed by atoms with Crippen molar-refractivity contribution < 1.29 is 13.2 Å². The molecule has 136 valence electrons. The van der Waals surface area contributed by atoms with Gasteiger partial charge in [-0.05, 0) is 48.1 Å². The fourth-order valence-electron chi connectivity index (χ4n) is 3.79. The average molecular weight is 371 g/mol. The first-order chi connectivity index (χ1) is 12.5. The molecule has 2 aromatic rings. The van der Waals surface area contributed by atoms with Crippen LogP contribution in [0.2, 0.25) is 0 Å². The quantitative estimate of drug-likeness (QED) is 0.869. The van der Waals surface area contributed by atoms with Crippen molar-refractivity contribution in [3.05, 3.63) is 60.4 Å². The molecule has 26 heavy (non-hydrogen) atoms. The zero-order chi connectivity index (χ0) is 18.2. The Balaban J connectivity index is 1.38. The summed E-state index contributed by atoms with van der Waals surface area (Å²) in [6.45, 7) is 1.38. The number of sulfonamides is 1. The van der Waals surface area contributed by atoms with Crippen molar-refractivity contribution in [3.63, 3.8) is 0 Å². The number of amides is 1. The SMILES string of the molecule is O=C(NCc1ccncc1)C1CC12CCN(S(=O)(=O)c1ccccc1)C2. The second kappa shape index (κ2) is 6.48. The van der Waals surface area contributed by atoms with E-state index in [-0.39, 0.29) is 17.2 Å². The maximum Gasteiger partial charge on any atom is 0.243 e. The summed E-state index contributed by atoms with van der Waals surface area (Å²) in [5, 5.41) is 2.96. The summed E-state index contributed by atoms with van der Waals surface area (Å²) < 4.78 is 27.0. The van der Waals surface area contributed by atoms with E-state index in [1.165, 1.54) is 4.31 Å². The highest BCUT2D eigenvalue weighted by Gasteiger charge is 2.62. The third kappa shape index (κ3) is 3.12. The van der Waals surface area contributed by atoms with Crippen LogP contribution in [0.1, 0.15) is 18.4 Å². The van der Waals surface area contributed by atoms with Gasteiger partial charge in [0.2, 0.25) is 15.9 Å². The fourth-order valence-corrected chi connectivity index (χ4v) is 5.34. The molecule has 1 saturated carbocycles.